The largest absolute Gasteiger partial charge is 0.366 e. The van der Waals surface area contributed by atoms with E-state index >= 15 is 0 Å². The molecule has 0 radical (unpaired) electrons. The van der Waals surface area contributed by atoms with Gasteiger partial charge < -0.3 is 20.9 Å². The number of halogens is 1. The van der Waals surface area contributed by atoms with Crippen LogP contribution in [0.25, 0.3) is 22.3 Å². The molecule has 0 saturated carbocycles. The molecule has 0 atom stereocenters. The van der Waals surface area contributed by atoms with Crippen molar-refractivity contribution < 1.29 is 9.18 Å². The topological polar surface area (TPSA) is 99.9 Å². The molecule has 0 saturated heterocycles. The van der Waals surface area contributed by atoms with Crippen LogP contribution in [0.5, 0.6) is 0 Å². The molecule has 1 amide bonds. The maximum absolute atomic E-state index is 13.7. The van der Waals surface area contributed by atoms with Gasteiger partial charge >= 0.3 is 0 Å². The first-order valence-electron chi connectivity index (χ1n) is 10.9. The predicted molar refractivity (Wildman–Crippen MR) is 126 cm³/mol. The van der Waals surface area contributed by atoms with Gasteiger partial charge in [0.05, 0.1) is 16.8 Å². The first-order valence-corrected chi connectivity index (χ1v) is 10.9. The number of carbonyl (C=O) groups is 1. The zero-order valence-corrected chi connectivity index (χ0v) is 18.6. The van der Waals surface area contributed by atoms with Crippen molar-refractivity contribution in [2.75, 3.05) is 18.9 Å². The number of hydrogen-bond donors (Lipinski definition) is 3. The number of nitrogens with one attached hydrogen (secondary N) is 2. The fraction of sp³-hybridized carbons (Fsp3) is 0.240. The molecule has 0 aliphatic carbocycles. The zero-order valence-electron chi connectivity index (χ0n) is 18.6. The summed E-state index contributed by atoms with van der Waals surface area (Å²) in [5.74, 6) is 0.579. The van der Waals surface area contributed by atoms with Gasteiger partial charge in [-0.15, -0.1) is 0 Å². The highest BCUT2D eigenvalue weighted by Crippen LogP contribution is 2.34. The first kappa shape index (κ1) is 21.1. The van der Waals surface area contributed by atoms with Gasteiger partial charge in [0.15, 0.2) is 5.82 Å². The highest BCUT2D eigenvalue weighted by Gasteiger charge is 2.24. The lowest BCUT2D eigenvalue weighted by atomic mass is 10.0. The Morgan fingerprint density at radius 2 is 2.06 bits per heavy atom. The van der Waals surface area contributed by atoms with Crippen molar-refractivity contribution >= 4 is 22.6 Å². The molecule has 168 valence electrons. The van der Waals surface area contributed by atoms with Crippen LogP contribution in [0.1, 0.15) is 32.9 Å². The summed E-state index contributed by atoms with van der Waals surface area (Å²) in [5.41, 5.74) is 11.3. The van der Waals surface area contributed by atoms with Crippen molar-refractivity contribution in [3.63, 3.8) is 0 Å². The van der Waals surface area contributed by atoms with Gasteiger partial charge in [-0.2, -0.15) is 0 Å². The summed E-state index contributed by atoms with van der Waals surface area (Å²) in [7, 11) is 2.07. The van der Waals surface area contributed by atoms with Crippen LogP contribution in [0.4, 0.5) is 10.2 Å². The SMILES string of the molecule is Cc1[nH]c2c(C(N)=O)cccc2c1-c1nc2c(c(NCc3cccc(F)c3)n1)CN(C)CC2. The van der Waals surface area contributed by atoms with Gasteiger partial charge in [-0.25, -0.2) is 14.4 Å². The third kappa shape index (κ3) is 3.93. The zero-order chi connectivity index (χ0) is 23.1. The molecule has 8 heteroatoms. The van der Waals surface area contributed by atoms with Gasteiger partial charge in [0.25, 0.3) is 5.91 Å². The number of hydrogen-bond acceptors (Lipinski definition) is 5. The maximum atomic E-state index is 13.7. The van der Waals surface area contributed by atoms with Gasteiger partial charge in [-0.1, -0.05) is 24.3 Å². The Balaban J connectivity index is 1.62. The minimum absolute atomic E-state index is 0.265. The van der Waals surface area contributed by atoms with Gasteiger partial charge in [0, 0.05) is 48.3 Å². The molecule has 2 aromatic heterocycles. The van der Waals surface area contributed by atoms with Crippen LogP contribution >= 0.6 is 0 Å². The normalized spacial score (nSPS) is 13.8. The van der Waals surface area contributed by atoms with E-state index in [-0.39, 0.29) is 5.82 Å². The van der Waals surface area contributed by atoms with Crippen LogP contribution < -0.4 is 11.1 Å². The second-order valence-corrected chi connectivity index (χ2v) is 8.51. The highest BCUT2D eigenvalue weighted by molar-refractivity contribution is 6.09. The number of carbonyl (C=O) groups excluding carboxylic acids is 1. The molecule has 4 N–H and O–H groups in total. The Labute approximate surface area is 190 Å². The molecule has 7 nitrogen and oxygen atoms in total. The quantitative estimate of drug-likeness (QED) is 0.435. The molecule has 5 rings (SSSR count). The van der Waals surface area contributed by atoms with Crippen molar-refractivity contribution in [3.8, 4) is 11.4 Å². The highest BCUT2D eigenvalue weighted by atomic mass is 19.1. The van der Waals surface area contributed by atoms with Crippen molar-refractivity contribution in [3.05, 3.63) is 76.4 Å². The Morgan fingerprint density at radius 1 is 1.24 bits per heavy atom. The lowest BCUT2D eigenvalue weighted by Gasteiger charge is -2.26. The minimum atomic E-state index is -0.486. The summed E-state index contributed by atoms with van der Waals surface area (Å²) < 4.78 is 13.7. The number of fused-ring (bicyclic) bond motifs is 2. The second kappa shape index (κ2) is 8.29. The van der Waals surface area contributed by atoms with Crippen LogP contribution in [0.3, 0.4) is 0 Å². The predicted octanol–water partition coefficient (Wildman–Crippen LogP) is 3.77. The summed E-state index contributed by atoms with van der Waals surface area (Å²) in [6.07, 6.45) is 0.809. The van der Waals surface area contributed by atoms with E-state index in [2.05, 4.69) is 22.2 Å². The fourth-order valence-electron chi connectivity index (χ4n) is 4.48. The van der Waals surface area contributed by atoms with Crippen molar-refractivity contribution in [1.29, 1.82) is 0 Å². The number of likely N-dealkylation sites (N-methyl/N-ethyl adjacent to an activating group) is 1. The Hall–Kier alpha value is -3.78. The number of benzene rings is 2. The molecule has 0 bridgehead atoms. The lowest BCUT2D eigenvalue weighted by molar-refractivity contribution is 0.100. The van der Waals surface area contributed by atoms with Crippen LogP contribution in [-0.2, 0) is 19.5 Å². The van der Waals surface area contributed by atoms with E-state index in [0.717, 1.165) is 58.8 Å². The number of para-hydroxylation sites is 1. The number of aromatic nitrogens is 3. The number of aryl methyl sites for hydroxylation is 1. The van der Waals surface area contributed by atoms with Gasteiger partial charge in [0.1, 0.15) is 11.6 Å². The number of H-pyrrole nitrogens is 1. The van der Waals surface area contributed by atoms with Crippen molar-refractivity contribution in [2.24, 2.45) is 5.73 Å². The van der Waals surface area contributed by atoms with Crippen LogP contribution in [0, 0.1) is 12.7 Å². The smallest absolute Gasteiger partial charge is 0.250 e. The van der Waals surface area contributed by atoms with E-state index in [0.29, 0.717) is 23.4 Å². The van der Waals surface area contributed by atoms with E-state index in [1.54, 1.807) is 12.1 Å². The number of primary amides is 1. The van der Waals surface area contributed by atoms with E-state index in [1.165, 1.54) is 12.1 Å². The summed E-state index contributed by atoms with van der Waals surface area (Å²) in [6, 6.07) is 12.0. The van der Waals surface area contributed by atoms with Crippen LogP contribution in [0.2, 0.25) is 0 Å². The van der Waals surface area contributed by atoms with Crippen molar-refractivity contribution in [1.82, 2.24) is 19.9 Å². The number of nitrogens with zero attached hydrogens (tertiary/aromatic N) is 3. The molecule has 1 aliphatic rings. The Kier molecular flexibility index (Phi) is 5.30. The number of amides is 1. The van der Waals surface area contributed by atoms with E-state index in [4.69, 9.17) is 15.7 Å². The summed E-state index contributed by atoms with van der Waals surface area (Å²) >= 11 is 0. The maximum Gasteiger partial charge on any atom is 0.250 e. The molecule has 1 aliphatic heterocycles. The molecule has 2 aromatic carbocycles. The molecule has 0 fully saturated rings. The Bertz CT molecular complexity index is 1380. The van der Waals surface area contributed by atoms with Crippen LogP contribution in [0.15, 0.2) is 42.5 Å². The standard InChI is InChI=1S/C25H25FN6O/c1-14-21(17-7-4-8-18(23(27)33)22(17)29-14)25-30-20-9-10-32(2)13-19(20)24(31-25)28-12-15-5-3-6-16(26)11-15/h3-8,11,29H,9-10,12-13H2,1-2H3,(H2,27,33)(H,28,30,31). The van der Waals surface area contributed by atoms with Crippen molar-refractivity contribution in [2.45, 2.75) is 26.4 Å². The van der Waals surface area contributed by atoms with Gasteiger partial charge in [0.2, 0.25) is 0 Å². The summed E-state index contributed by atoms with van der Waals surface area (Å²) in [5, 5.41) is 4.26. The molecular formula is C25H25FN6O. The summed E-state index contributed by atoms with van der Waals surface area (Å²) in [6.45, 7) is 4.03. The molecular weight excluding hydrogens is 419 g/mol. The fourth-order valence-corrected chi connectivity index (χ4v) is 4.48. The number of aromatic amines is 1. The summed E-state index contributed by atoms with van der Waals surface area (Å²) in [4.78, 5) is 27.3. The molecule has 0 spiro atoms. The van der Waals surface area contributed by atoms with E-state index in [9.17, 15) is 9.18 Å². The number of anilines is 1. The molecule has 33 heavy (non-hydrogen) atoms. The van der Waals surface area contributed by atoms with E-state index in [1.807, 2.05) is 25.1 Å². The monoisotopic (exact) mass is 444 g/mol. The third-order valence-corrected chi connectivity index (χ3v) is 6.11. The minimum Gasteiger partial charge on any atom is -0.366 e. The average Bonchev–Trinajstić information content (AvgIpc) is 3.13. The Morgan fingerprint density at radius 3 is 2.85 bits per heavy atom. The molecule has 0 unspecified atom stereocenters. The number of rotatable bonds is 5. The second-order valence-electron chi connectivity index (χ2n) is 8.51. The molecule has 4 aromatic rings. The van der Waals surface area contributed by atoms with Crippen LogP contribution in [-0.4, -0.2) is 39.4 Å². The lowest BCUT2D eigenvalue weighted by Crippen LogP contribution is -2.29. The molecule has 3 heterocycles. The third-order valence-electron chi connectivity index (χ3n) is 6.11. The van der Waals surface area contributed by atoms with Gasteiger partial charge in [-0.3, -0.25) is 4.79 Å². The average molecular weight is 445 g/mol. The number of nitrogens with two attached hydrogens (primary N) is 1. The van der Waals surface area contributed by atoms with E-state index < -0.39 is 5.91 Å². The first-order chi connectivity index (χ1) is 15.9. The van der Waals surface area contributed by atoms with Gasteiger partial charge in [-0.05, 0) is 37.7 Å².